The van der Waals surface area contributed by atoms with Crippen LogP contribution < -0.4 is 0 Å². The summed E-state index contributed by atoms with van der Waals surface area (Å²) in [6.45, 7) is 3.62. The van der Waals surface area contributed by atoms with Gasteiger partial charge in [-0.3, -0.25) is 0 Å². The lowest BCUT2D eigenvalue weighted by atomic mass is 10.6. The van der Waals surface area contributed by atoms with Gasteiger partial charge in [-0.1, -0.05) is 0 Å². The maximum absolute atomic E-state index is 4.90. The van der Waals surface area contributed by atoms with Gasteiger partial charge in [-0.15, -0.1) is 0 Å². The Hall–Kier alpha value is -0.990. The maximum Gasteiger partial charge on any atom is 0.251 e. The molecule has 0 aliphatic carbocycles. The normalized spacial score (nSPS) is 13.2. The Kier molecular flexibility index (Phi) is 4.37. The molecule has 0 saturated carbocycles. The third kappa shape index (κ3) is 2.53. The highest BCUT2D eigenvalue weighted by molar-refractivity contribution is 5.54. The van der Waals surface area contributed by atoms with E-state index in [2.05, 4.69) is 4.99 Å². The van der Waals surface area contributed by atoms with Crippen LogP contribution in [0.5, 0.6) is 0 Å². The molecule has 0 spiro atoms. The summed E-state index contributed by atoms with van der Waals surface area (Å²) in [7, 11) is 3.14. The Balaban J connectivity index is 4.29. The lowest BCUT2D eigenvalue weighted by molar-refractivity contribution is 0.221. The molecule has 0 atom stereocenters. The van der Waals surface area contributed by atoms with Gasteiger partial charge < -0.3 is 9.47 Å². The summed E-state index contributed by atoms with van der Waals surface area (Å²) in [4.78, 5) is 3.92. The second kappa shape index (κ2) is 4.85. The van der Waals surface area contributed by atoms with Gasteiger partial charge >= 0.3 is 0 Å². The molecular weight excluding hydrogens is 130 g/mol. The fourth-order valence-electron chi connectivity index (χ4n) is 0.492. The number of methoxy groups -OCH3 is 2. The molecule has 0 aromatic rings. The van der Waals surface area contributed by atoms with Crippen molar-refractivity contribution in [2.75, 3.05) is 14.2 Å². The molecule has 0 bridgehead atoms. The summed E-state index contributed by atoms with van der Waals surface area (Å²) in [5, 5.41) is 0. The van der Waals surface area contributed by atoms with Crippen LogP contribution in [0.4, 0.5) is 0 Å². The zero-order valence-corrected chi connectivity index (χ0v) is 6.84. The molecule has 0 N–H and O–H groups in total. The lowest BCUT2D eigenvalue weighted by Crippen LogP contribution is -1.90. The van der Waals surface area contributed by atoms with Gasteiger partial charge in [0.25, 0.3) is 5.88 Å². The number of nitrogens with zero attached hydrogens (tertiary/aromatic N) is 1. The summed E-state index contributed by atoms with van der Waals surface area (Å²) < 4.78 is 9.80. The molecule has 0 amide bonds. The van der Waals surface area contributed by atoms with E-state index in [1.54, 1.807) is 27.4 Å². The highest BCUT2D eigenvalue weighted by atomic mass is 16.5. The van der Waals surface area contributed by atoms with E-state index in [0.29, 0.717) is 11.6 Å². The summed E-state index contributed by atoms with van der Waals surface area (Å²) in [6.07, 6.45) is 1.65. The van der Waals surface area contributed by atoms with Crippen molar-refractivity contribution in [3.05, 3.63) is 11.6 Å². The van der Waals surface area contributed by atoms with E-state index < -0.39 is 0 Å². The minimum absolute atomic E-state index is 0.519. The molecular formula is C7H13NO2. The summed E-state index contributed by atoms with van der Waals surface area (Å²) in [6, 6.07) is 0. The van der Waals surface area contributed by atoms with Crippen molar-refractivity contribution in [1.82, 2.24) is 0 Å². The van der Waals surface area contributed by atoms with E-state index in [0.717, 1.165) is 0 Å². The van der Waals surface area contributed by atoms with Gasteiger partial charge in [-0.05, 0) is 13.8 Å². The monoisotopic (exact) mass is 143 g/mol. The Morgan fingerprint density at radius 2 is 1.90 bits per heavy atom. The largest absolute Gasteiger partial charge is 0.496 e. The average Bonchev–Trinajstić information content (AvgIpc) is 1.99. The number of ether oxygens (including phenoxy) is 2. The first-order valence-electron chi connectivity index (χ1n) is 3.03. The molecule has 0 radical (unpaired) electrons. The fraction of sp³-hybridized carbons (Fsp3) is 0.571. The predicted molar refractivity (Wildman–Crippen MR) is 40.9 cm³/mol. The fourth-order valence-corrected chi connectivity index (χ4v) is 0.492. The van der Waals surface area contributed by atoms with Crippen LogP contribution in [0, 0.1) is 0 Å². The Morgan fingerprint density at radius 1 is 1.30 bits per heavy atom. The lowest BCUT2D eigenvalue weighted by Gasteiger charge is -2.03. The van der Waals surface area contributed by atoms with Crippen molar-refractivity contribution < 1.29 is 9.47 Å². The molecule has 58 valence electrons. The highest BCUT2D eigenvalue weighted by Crippen LogP contribution is 2.05. The SMILES string of the molecule is CC=N/C(OC)=C(\C)OC. The van der Waals surface area contributed by atoms with Crippen LogP contribution in [0.3, 0.4) is 0 Å². The van der Waals surface area contributed by atoms with Crippen molar-refractivity contribution in [1.29, 1.82) is 0 Å². The first-order chi connectivity index (χ1) is 4.76. The predicted octanol–water partition coefficient (Wildman–Crippen LogP) is 1.56. The molecule has 0 fully saturated rings. The molecule has 0 unspecified atom stereocenters. The molecule has 0 saturated heterocycles. The van der Waals surface area contributed by atoms with E-state index in [1.165, 1.54) is 0 Å². The zero-order chi connectivity index (χ0) is 7.98. The number of aliphatic imine (C=N–C) groups is 1. The summed E-state index contributed by atoms with van der Waals surface area (Å²) in [5.74, 6) is 1.20. The van der Waals surface area contributed by atoms with Gasteiger partial charge in [0.2, 0.25) is 0 Å². The van der Waals surface area contributed by atoms with E-state index in [4.69, 9.17) is 9.47 Å². The Bertz CT molecular complexity index is 150. The number of hydrogen-bond donors (Lipinski definition) is 0. The zero-order valence-electron chi connectivity index (χ0n) is 6.84. The molecule has 0 aromatic carbocycles. The van der Waals surface area contributed by atoms with Gasteiger partial charge in [0, 0.05) is 6.21 Å². The molecule has 0 rings (SSSR count). The molecule has 10 heavy (non-hydrogen) atoms. The van der Waals surface area contributed by atoms with E-state index in [9.17, 15) is 0 Å². The average molecular weight is 143 g/mol. The number of allylic oxidation sites excluding steroid dienone is 1. The van der Waals surface area contributed by atoms with Crippen molar-refractivity contribution in [2.45, 2.75) is 13.8 Å². The minimum Gasteiger partial charge on any atom is -0.496 e. The first kappa shape index (κ1) is 9.01. The van der Waals surface area contributed by atoms with Crippen molar-refractivity contribution in [2.24, 2.45) is 4.99 Å². The summed E-state index contributed by atoms with van der Waals surface area (Å²) in [5.41, 5.74) is 0. The Morgan fingerprint density at radius 3 is 2.20 bits per heavy atom. The quantitative estimate of drug-likeness (QED) is 0.443. The second-order valence-corrected chi connectivity index (χ2v) is 1.66. The molecule has 3 nitrogen and oxygen atoms in total. The van der Waals surface area contributed by atoms with Gasteiger partial charge in [-0.2, -0.15) is 0 Å². The van der Waals surface area contributed by atoms with E-state index in [-0.39, 0.29) is 0 Å². The van der Waals surface area contributed by atoms with E-state index >= 15 is 0 Å². The van der Waals surface area contributed by atoms with Crippen LogP contribution in [0.15, 0.2) is 16.6 Å². The standard InChI is InChI=1S/C7H13NO2/c1-5-8-7(10-4)6(2)9-3/h5H,1-4H3/b7-6-,8-5?. The number of hydrogen-bond acceptors (Lipinski definition) is 3. The molecule has 3 heteroatoms. The Labute approximate surface area is 61.4 Å². The van der Waals surface area contributed by atoms with Gasteiger partial charge in [0.05, 0.1) is 14.2 Å². The topological polar surface area (TPSA) is 30.8 Å². The van der Waals surface area contributed by atoms with Crippen LogP contribution in [0.2, 0.25) is 0 Å². The molecule has 0 aliphatic heterocycles. The van der Waals surface area contributed by atoms with Crippen LogP contribution in [0.25, 0.3) is 0 Å². The van der Waals surface area contributed by atoms with Gasteiger partial charge in [-0.25, -0.2) is 4.99 Å². The highest BCUT2D eigenvalue weighted by Gasteiger charge is 1.97. The van der Waals surface area contributed by atoms with Crippen molar-refractivity contribution in [3.63, 3.8) is 0 Å². The molecule has 0 aromatic heterocycles. The smallest absolute Gasteiger partial charge is 0.251 e. The maximum atomic E-state index is 4.90. The first-order valence-corrected chi connectivity index (χ1v) is 3.03. The third-order valence-electron chi connectivity index (χ3n) is 1.05. The minimum atomic E-state index is 0.519. The van der Waals surface area contributed by atoms with Crippen LogP contribution >= 0.6 is 0 Å². The molecule has 0 heterocycles. The number of rotatable bonds is 3. The van der Waals surface area contributed by atoms with Crippen molar-refractivity contribution >= 4 is 6.21 Å². The van der Waals surface area contributed by atoms with Crippen LogP contribution in [-0.4, -0.2) is 20.4 Å². The van der Waals surface area contributed by atoms with Gasteiger partial charge in [0.15, 0.2) is 5.76 Å². The van der Waals surface area contributed by atoms with Crippen LogP contribution in [-0.2, 0) is 9.47 Å². The third-order valence-corrected chi connectivity index (χ3v) is 1.05. The van der Waals surface area contributed by atoms with E-state index in [1.807, 2.05) is 6.92 Å². The second-order valence-electron chi connectivity index (χ2n) is 1.66. The molecule has 0 aliphatic rings. The van der Waals surface area contributed by atoms with Crippen molar-refractivity contribution in [3.8, 4) is 0 Å². The van der Waals surface area contributed by atoms with Crippen LogP contribution in [0.1, 0.15) is 13.8 Å². The van der Waals surface area contributed by atoms with Gasteiger partial charge in [0.1, 0.15) is 0 Å². The summed E-state index contributed by atoms with van der Waals surface area (Å²) >= 11 is 0.